The normalized spacial score (nSPS) is 12.4. The van der Waals surface area contributed by atoms with Crippen LogP contribution in [0.25, 0.3) is 22.6 Å². The molecule has 0 aliphatic heterocycles. The second-order valence-corrected chi connectivity index (χ2v) is 8.09. The molecule has 0 fully saturated rings. The number of amides is 1. The number of nitrogens with zero attached hydrogens (tertiary/aromatic N) is 4. The van der Waals surface area contributed by atoms with Crippen LogP contribution in [0.3, 0.4) is 0 Å². The number of hydrogen-bond acceptors (Lipinski definition) is 4. The maximum absolute atomic E-state index is 13.4. The molecule has 4 aromatic rings. The first-order valence-corrected chi connectivity index (χ1v) is 10.6. The lowest BCUT2D eigenvalue weighted by Crippen LogP contribution is -2.29. The first-order chi connectivity index (χ1) is 16.1. The summed E-state index contributed by atoms with van der Waals surface area (Å²) in [6.07, 6.45) is -1.28. The van der Waals surface area contributed by atoms with Crippen LogP contribution in [0.1, 0.15) is 34.6 Å². The number of halogens is 4. The molecule has 1 unspecified atom stereocenters. The molecule has 0 spiro atoms. The highest BCUT2D eigenvalue weighted by atomic mass is 35.5. The lowest BCUT2D eigenvalue weighted by atomic mass is 10.0. The molecule has 1 atom stereocenters. The number of benzene rings is 2. The summed E-state index contributed by atoms with van der Waals surface area (Å²) in [5.74, 6) is -0.374. The zero-order valence-electron chi connectivity index (χ0n) is 18.1. The van der Waals surface area contributed by atoms with Gasteiger partial charge in [0.25, 0.3) is 5.91 Å². The van der Waals surface area contributed by atoms with Gasteiger partial charge in [0.15, 0.2) is 5.82 Å². The monoisotopic (exact) mass is 485 g/mol. The molecular formula is C24H19ClF3N5O. The third-order valence-electron chi connectivity index (χ3n) is 5.14. The van der Waals surface area contributed by atoms with Gasteiger partial charge in [0.1, 0.15) is 5.69 Å². The van der Waals surface area contributed by atoms with Gasteiger partial charge in [0.05, 0.1) is 29.1 Å². The quantitative estimate of drug-likeness (QED) is 0.393. The van der Waals surface area contributed by atoms with E-state index >= 15 is 0 Å². The van der Waals surface area contributed by atoms with Crippen LogP contribution < -0.4 is 5.32 Å². The number of carbonyl (C=O) groups excluding carboxylic acids is 1. The molecule has 2 aromatic carbocycles. The van der Waals surface area contributed by atoms with Gasteiger partial charge in [-0.25, -0.2) is 9.97 Å². The molecule has 0 radical (unpaired) electrons. The summed E-state index contributed by atoms with van der Waals surface area (Å²) in [5, 5.41) is 7.28. The second-order valence-electron chi connectivity index (χ2n) is 7.65. The molecular weight excluding hydrogens is 467 g/mol. The van der Waals surface area contributed by atoms with E-state index in [9.17, 15) is 18.0 Å². The van der Waals surface area contributed by atoms with Crippen molar-refractivity contribution in [2.24, 2.45) is 7.05 Å². The number of carbonyl (C=O) groups is 1. The van der Waals surface area contributed by atoms with Crippen LogP contribution in [0.15, 0.2) is 67.0 Å². The van der Waals surface area contributed by atoms with Crippen molar-refractivity contribution in [3.05, 3.63) is 88.8 Å². The Morgan fingerprint density at radius 2 is 1.76 bits per heavy atom. The zero-order valence-corrected chi connectivity index (χ0v) is 18.9. The largest absolute Gasteiger partial charge is 0.416 e. The molecule has 0 saturated heterocycles. The smallest absolute Gasteiger partial charge is 0.344 e. The highest BCUT2D eigenvalue weighted by Crippen LogP contribution is 2.34. The average Bonchev–Trinajstić information content (AvgIpc) is 3.25. The fourth-order valence-corrected chi connectivity index (χ4v) is 3.60. The van der Waals surface area contributed by atoms with E-state index in [2.05, 4.69) is 20.4 Å². The minimum atomic E-state index is -4.54. The fourth-order valence-electron chi connectivity index (χ4n) is 3.48. The number of aromatic nitrogens is 4. The van der Waals surface area contributed by atoms with E-state index in [-0.39, 0.29) is 17.1 Å². The number of aryl methyl sites for hydroxylation is 1. The molecule has 0 saturated carbocycles. The average molecular weight is 486 g/mol. The van der Waals surface area contributed by atoms with Crippen molar-refractivity contribution >= 4 is 17.5 Å². The Kier molecular flexibility index (Phi) is 6.39. The molecule has 1 amide bonds. The van der Waals surface area contributed by atoms with Gasteiger partial charge in [0, 0.05) is 23.8 Å². The summed E-state index contributed by atoms with van der Waals surface area (Å²) >= 11 is 5.98. The lowest BCUT2D eigenvalue weighted by molar-refractivity contribution is -0.138. The van der Waals surface area contributed by atoms with E-state index in [1.807, 2.05) is 0 Å². The Balaban J connectivity index is 1.71. The molecule has 2 aromatic heterocycles. The Hall–Kier alpha value is -3.72. The van der Waals surface area contributed by atoms with E-state index in [0.29, 0.717) is 21.8 Å². The summed E-state index contributed by atoms with van der Waals surface area (Å²) in [6, 6.07) is 12.6. The standard InChI is InChI=1S/C24H19ClF3N5O/c1-14(18-5-3-4-6-19(18)24(26,27)28)30-23(34)21-11-20(15-7-9-17(25)10-8-15)31-22(32-21)16-12-29-33(2)13-16/h3-14H,1-2H3,(H,30,34). The van der Waals surface area contributed by atoms with Crippen molar-refractivity contribution in [3.8, 4) is 22.6 Å². The molecule has 10 heteroatoms. The van der Waals surface area contributed by atoms with Gasteiger partial charge < -0.3 is 5.32 Å². The SMILES string of the molecule is CC(NC(=O)c1cc(-c2ccc(Cl)cc2)nc(-c2cnn(C)c2)n1)c1ccccc1C(F)(F)F. The molecule has 0 aliphatic carbocycles. The maximum Gasteiger partial charge on any atom is 0.416 e. The maximum atomic E-state index is 13.4. The first kappa shape index (κ1) is 23.4. The molecule has 2 heterocycles. The molecule has 4 rings (SSSR count). The van der Waals surface area contributed by atoms with E-state index in [1.165, 1.54) is 31.2 Å². The minimum absolute atomic E-state index is 0.00939. The predicted octanol–water partition coefficient (Wildman–Crippen LogP) is 5.71. The first-order valence-electron chi connectivity index (χ1n) is 10.2. The Labute approximate surface area is 198 Å². The van der Waals surface area contributed by atoms with E-state index < -0.39 is 23.7 Å². The van der Waals surface area contributed by atoms with E-state index in [0.717, 1.165) is 6.07 Å². The van der Waals surface area contributed by atoms with Gasteiger partial charge in [-0.15, -0.1) is 0 Å². The molecule has 6 nitrogen and oxygen atoms in total. The van der Waals surface area contributed by atoms with Crippen LogP contribution in [0.2, 0.25) is 5.02 Å². The van der Waals surface area contributed by atoms with Crippen LogP contribution in [0.5, 0.6) is 0 Å². The number of hydrogen-bond donors (Lipinski definition) is 1. The van der Waals surface area contributed by atoms with Crippen molar-refractivity contribution in [1.82, 2.24) is 25.1 Å². The Bertz CT molecular complexity index is 1340. The summed E-state index contributed by atoms with van der Waals surface area (Å²) < 4.78 is 41.9. The third-order valence-corrected chi connectivity index (χ3v) is 5.39. The van der Waals surface area contributed by atoms with Gasteiger partial charge in [-0.05, 0) is 36.8 Å². The number of rotatable bonds is 5. The highest BCUT2D eigenvalue weighted by Gasteiger charge is 2.34. The van der Waals surface area contributed by atoms with Crippen molar-refractivity contribution in [2.45, 2.75) is 19.1 Å². The molecule has 174 valence electrons. The topological polar surface area (TPSA) is 72.7 Å². The van der Waals surface area contributed by atoms with Gasteiger partial charge in [-0.3, -0.25) is 9.48 Å². The summed E-state index contributed by atoms with van der Waals surface area (Å²) in [7, 11) is 1.74. The van der Waals surface area contributed by atoms with Gasteiger partial charge in [-0.2, -0.15) is 18.3 Å². The summed E-state index contributed by atoms with van der Waals surface area (Å²) in [4.78, 5) is 22.0. The van der Waals surface area contributed by atoms with Crippen LogP contribution >= 0.6 is 11.6 Å². The molecule has 34 heavy (non-hydrogen) atoms. The van der Waals surface area contributed by atoms with Crippen LogP contribution in [0.4, 0.5) is 13.2 Å². The second kappa shape index (κ2) is 9.26. The molecule has 1 N–H and O–H groups in total. The van der Waals surface area contributed by atoms with E-state index in [1.54, 1.807) is 48.4 Å². The van der Waals surface area contributed by atoms with Gasteiger partial charge >= 0.3 is 6.18 Å². The highest BCUT2D eigenvalue weighted by molar-refractivity contribution is 6.30. The fraction of sp³-hybridized carbons (Fsp3) is 0.167. The van der Waals surface area contributed by atoms with E-state index in [4.69, 9.17) is 11.6 Å². The van der Waals surface area contributed by atoms with Crippen LogP contribution in [-0.4, -0.2) is 25.7 Å². The van der Waals surface area contributed by atoms with Gasteiger partial charge in [0.2, 0.25) is 0 Å². The molecule has 0 aliphatic rings. The van der Waals surface area contributed by atoms with Crippen molar-refractivity contribution in [2.75, 3.05) is 0 Å². The Morgan fingerprint density at radius 3 is 2.41 bits per heavy atom. The number of nitrogens with one attached hydrogen (secondary N) is 1. The predicted molar refractivity (Wildman–Crippen MR) is 122 cm³/mol. The van der Waals surface area contributed by atoms with Crippen molar-refractivity contribution in [1.29, 1.82) is 0 Å². The van der Waals surface area contributed by atoms with Crippen LogP contribution in [-0.2, 0) is 13.2 Å². The lowest BCUT2D eigenvalue weighted by Gasteiger charge is -2.19. The third kappa shape index (κ3) is 5.09. The van der Waals surface area contributed by atoms with Crippen molar-refractivity contribution in [3.63, 3.8) is 0 Å². The minimum Gasteiger partial charge on any atom is -0.344 e. The number of alkyl halides is 3. The van der Waals surface area contributed by atoms with Crippen molar-refractivity contribution < 1.29 is 18.0 Å². The summed E-state index contributed by atoms with van der Waals surface area (Å²) in [6.45, 7) is 1.49. The zero-order chi connectivity index (χ0) is 24.5. The van der Waals surface area contributed by atoms with Crippen LogP contribution in [0, 0.1) is 0 Å². The summed E-state index contributed by atoms with van der Waals surface area (Å²) in [5.41, 5.74) is 0.907. The van der Waals surface area contributed by atoms with Gasteiger partial charge in [-0.1, -0.05) is 41.9 Å². The Morgan fingerprint density at radius 1 is 1.06 bits per heavy atom. The molecule has 0 bridgehead atoms.